The molecule has 3 aromatic rings. The fraction of sp³-hybridized carbons (Fsp3) is 0.200. The van der Waals surface area contributed by atoms with Crippen molar-refractivity contribution in [2.24, 2.45) is 0 Å². The number of nitrogens with one attached hydrogen (secondary N) is 1. The van der Waals surface area contributed by atoms with E-state index in [1.54, 1.807) is 11.3 Å². The molecule has 0 atom stereocenters. The van der Waals surface area contributed by atoms with Crippen LogP contribution in [0.25, 0.3) is 10.9 Å². The molecule has 0 aliphatic carbocycles. The first kappa shape index (κ1) is 14.3. The Hall–Kier alpha value is -1.66. The van der Waals surface area contributed by atoms with Gasteiger partial charge in [-0.2, -0.15) is 4.98 Å². The molecule has 2 aromatic heterocycles. The monoisotopic (exact) mass is 362 g/mol. The first-order chi connectivity index (χ1) is 10.2. The number of halogens is 1. The Bertz CT molecular complexity index is 771. The third kappa shape index (κ3) is 3.01. The lowest BCUT2D eigenvalue weighted by molar-refractivity contribution is 0.904. The van der Waals surface area contributed by atoms with Crippen LogP contribution in [0.15, 0.2) is 39.5 Å². The number of hydrogen-bond donors (Lipinski definition) is 1. The number of para-hydroxylation sites is 1. The Balaban J connectivity index is 2.01. The summed E-state index contributed by atoms with van der Waals surface area (Å²) in [4.78, 5) is 11.3. The van der Waals surface area contributed by atoms with Crippen LogP contribution in [0.5, 0.6) is 0 Å². The molecule has 0 spiro atoms. The summed E-state index contributed by atoms with van der Waals surface area (Å²) in [6.07, 6.45) is 0. The van der Waals surface area contributed by atoms with Gasteiger partial charge in [0.1, 0.15) is 5.82 Å². The first-order valence-corrected chi connectivity index (χ1v) is 8.23. The third-order valence-corrected chi connectivity index (χ3v) is 4.76. The highest BCUT2D eigenvalue weighted by molar-refractivity contribution is 9.11. The van der Waals surface area contributed by atoms with E-state index in [9.17, 15) is 0 Å². The second-order valence-corrected chi connectivity index (χ2v) is 7.04. The van der Waals surface area contributed by atoms with Crippen LogP contribution in [-0.2, 0) is 6.54 Å². The summed E-state index contributed by atoms with van der Waals surface area (Å²) in [6, 6.07) is 10.2. The molecule has 0 saturated carbocycles. The molecule has 0 aliphatic heterocycles. The van der Waals surface area contributed by atoms with Gasteiger partial charge >= 0.3 is 0 Å². The smallest absolute Gasteiger partial charge is 0.224 e. The van der Waals surface area contributed by atoms with E-state index in [0.717, 1.165) is 27.1 Å². The zero-order chi connectivity index (χ0) is 14.8. The molecule has 0 amide bonds. The summed E-state index contributed by atoms with van der Waals surface area (Å²) in [5, 5.41) is 6.25. The van der Waals surface area contributed by atoms with Gasteiger partial charge in [0.25, 0.3) is 0 Å². The summed E-state index contributed by atoms with van der Waals surface area (Å²) in [5.74, 6) is 1.58. The molecule has 0 aliphatic rings. The van der Waals surface area contributed by atoms with Gasteiger partial charge < -0.3 is 10.2 Å². The predicted octanol–water partition coefficient (Wildman–Crippen LogP) is 4.13. The van der Waals surface area contributed by atoms with Crippen molar-refractivity contribution >= 4 is 49.9 Å². The van der Waals surface area contributed by atoms with Crippen LogP contribution in [-0.4, -0.2) is 24.1 Å². The maximum Gasteiger partial charge on any atom is 0.224 e. The molecular weight excluding hydrogens is 348 g/mol. The second-order valence-electron chi connectivity index (χ2n) is 4.75. The normalized spacial score (nSPS) is 10.8. The molecule has 21 heavy (non-hydrogen) atoms. The van der Waals surface area contributed by atoms with Gasteiger partial charge in [-0.1, -0.05) is 12.1 Å². The van der Waals surface area contributed by atoms with E-state index in [4.69, 9.17) is 0 Å². The van der Waals surface area contributed by atoms with Crippen LogP contribution in [0.4, 0.5) is 11.8 Å². The van der Waals surface area contributed by atoms with Crippen molar-refractivity contribution in [1.29, 1.82) is 0 Å². The number of fused-ring (bicyclic) bond motifs is 1. The molecule has 0 radical (unpaired) electrons. The number of hydrogen-bond acceptors (Lipinski definition) is 5. The molecule has 108 valence electrons. The fourth-order valence-electron chi connectivity index (χ4n) is 2.24. The lowest BCUT2D eigenvalue weighted by atomic mass is 10.2. The van der Waals surface area contributed by atoms with Crippen molar-refractivity contribution < 1.29 is 0 Å². The van der Waals surface area contributed by atoms with E-state index in [2.05, 4.69) is 60.7 Å². The predicted molar refractivity (Wildman–Crippen MR) is 93.2 cm³/mol. The lowest BCUT2D eigenvalue weighted by Gasteiger charge is -2.20. The molecule has 2 heterocycles. The maximum atomic E-state index is 4.62. The Labute approximate surface area is 136 Å². The summed E-state index contributed by atoms with van der Waals surface area (Å²) in [7, 11) is 3.89. The van der Waals surface area contributed by atoms with Crippen LogP contribution in [0.3, 0.4) is 0 Å². The van der Waals surface area contributed by atoms with Crippen molar-refractivity contribution in [1.82, 2.24) is 9.97 Å². The van der Waals surface area contributed by atoms with E-state index in [1.807, 2.05) is 25.2 Å². The van der Waals surface area contributed by atoms with Crippen LogP contribution in [0, 0.1) is 0 Å². The van der Waals surface area contributed by atoms with Crippen LogP contribution in [0.1, 0.15) is 5.56 Å². The summed E-state index contributed by atoms with van der Waals surface area (Å²) in [5.41, 5.74) is 2.22. The molecule has 1 N–H and O–H groups in total. The number of thiophene rings is 1. The van der Waals surface area contributed by atoms with Crippen LogP contribution < -0.4 is 10.2 Å². The minimum absolute atomic E-state index is 0.641. The standard InChI is InChI=1S/C15H15BrN4S/c1-17-15-18-12-6-4-3-5-11(12)14(19-15)20(2)8-10-7-13(16)21-9-10/h3-7,9H,8H2,1-2H3,(H,17,18,19). The molecule has 4 nitrogen and oxygen atoms in total. The van der Waals surface area contributed by atoms with E-state index in [-0.39, 0.29) is 0 Å². The third-order valence-electron chi connectivity index (χ3n) is 3.21. The fourth-order valence-corrected chi connectivity index (χ4v) is 3.44. The van der Waals surface area contributed by atoms with E-state index in [0.29, 0.717) is 5.95 Å². The van der Waals surface area contributed by atoms with Gasteiger partial charge in [-0.15, -0.1) is 11.3 Å². The summed E-state index contributed by atoms with van der Waals surface area (Å²) < 4.78 is 1.15. The molecule has 1 aromatic carbocycles. The first-order valence-electron chi connectivity index (χ1n) is 6.56. The lowest BCUT2D eigenvalue weighted by Crippen LogP contribution is -2.18. The molecular formula is C15H15BrN4S. The number of benzene rings is 1. The van der Waals surface area contributed by atoms with Gasteiger partial charge in [0, 0.05) is 26.0 Å². The number of nitrogens with zero attached hydrogens (tertiary/aromatic N) is 3. The van der Waals surface area contributed by atoms with Gasteiger partial charge in [0.2, 0.25) is 5.95 Å². The quantitative estimate of drug-likeness (QED) is 0.757. The Morgan fingerprint density at radius 1 is 1.29 bits per heavy atom. The summed E-state index contributed by atoms with van der Waals surface area (Å²) >= 11 is 5.20. The maximum absolute atomic E-state index is 4.62. The van der Waals surface area contributed by atoms with Gasteiger partial charge in [-0.3, -0.25) is 0 Å². The number of rotatable bonds is 4. The van der Waals surface area contributed by atoms with Crippen molar-refractivity contribution in [3.05, 3.63) is 45.1 Å². The van der Waals surface area contributed by atoms with Crippen molar-refractivity contribution in [2.75, 3.05) is 24.3 Å². The van der Waals surface area contributed by atoms with E-state index < -0.39 is 0 Å². The second kappa shape index (κ2) is 5.99. The Morgan fingerprint density at radius 3 is 2.81 bits per heavy atom. The summed E-state index contributed by atoms with van der Waals surface area (Å²) in [6.45, 7) is 0.812. The minimum atomic E-state index is 0.641. The Morgan fingerprint density at radius 2 is 2.10 bits per heavy atom. The highest BCUT2D eigenvalue weighted by Gasteiger charge is 2.12. The van der Waals surface area contributed by atoms with Crippen molar-refractivity contribution in [2.45, 2.75) is 6.54 Å². The van der Waals surface area contributed by atoms with E-state index >= 15 is 0 Å². The van der Waals surface area contributed by atoms with Gasteiger partial charge in [-0.05, 0) is 45.1 Å². The van der Waals surface area contributed by atoms with Crippen molar-refractivity contribution in [3.63, 3.8) is 0 Å². The molecule has 0 fully saturated rings. The topological polar surface area (TPSA) is 41.1 Å². The molecule has 0 unspecified atom stereocenters. The average Bonchev–Trinajstić information content (AvgIpc) is 2.91. The highest BCUT2D eigenvalue weighted by atomic mass is 79.9. The zero-order valence-electron chi connectivity index (χ0n) is 11.8. The average molecular weight is 363 g/mol. The number of anilines is 2. The minimum Gasteiger partial charge on any atom is -0.357 e. The Kier molecular flexibility index (Phi) is 4.07. The highest BCUT2D eigenvalue weighted by Crippen LogP contribution is 2.27. The van der Waals surface area contributed by atoms with Gasteiger partial charge in [0.05, 0.1) is 9.30 Å². The molecule has 6 heteroatoms. The SMILES string of the molecule is CNc1nc(N(C)Cc2csc(Br)c2)c2ccccc2n1. The molecule has 3 rings (SSSR count). The van der Waals surface area contributed by atoms with E-state index in [1.165, 1.54) is 5.56 Å². The zero-order valence-corrected chi connectivity index (χ0v) is 14.2. The van der Waals surface area contributed by atoms with Crippen molar-refractivity contribution in [3.8, 4) is 0 Å². The van der Waals surface area contributed by atoms with Gasteiger partial charge in [-0.25, -0.2) is 4.98 Å². The van der Waals surface area contributed by atoms with Crippen LogP contribution >= 0.6 is 27.3 Å². The van der Waals surface area contributed by atoms with Crippen LogP contribution in [0.2, 0.25) is 0 Å². The molecule has 0 bridgehead atoms. The molecule has 0 saturated heterocycles. The number of aromatic nitrogens is 2. The largest absolute Gasteiger partial charge is 0.357 e. The van der Waals surface area contributed by atoms with Gasteiger partial charge in [0.15, 0.2) is 0 Å².